The highest BCUT2D eigenvalue weighted by molar-refractivity contribution is 6.29. The van der Waals surface area contributed by atoms with Crippen LogP contribution >= 0.6 is 11.6 Å². The van der Waals surface area contributed by atoms with Gasteiger partial charge in [0.2, 0.25) is 0 Å². The van der Waals surface area contributed by atoms with Crippen LogP contribution in [0.1, 0.15) is 27.6 Å². The van der Waals surface area contributed by atoms with Gasteiger partial charge in [-0.25, -0.2) is 14.6 Å². The Bertz CT molecular complexity index is 405. The first-order chi connectivity index (χ1) is 7.06. The predicted molar refractivity (Wildman–Crippen MR) is 52.2 cm³/mol. The van der Waals surface area contributed by atoms with Gasteiger partial charge in [0.15, 0.2) is 0 Å². The Labute approximate surface area is 90.6 Å². The molecular weight excluding hydrogens is 222 g/mol. The van der Waals surface area contributed by atoms with Gasteiger partial charge in [0, 0.05) is 6.20 Å². The van der Waals surface area contributed by atoms with Gasteiger partial charge >= 0.3 is 11.9 Å². The molecule has 0 radical (unpaired) electrons. The van der Waals surface area contributed by atoms with E-state index in [0.717, 1.165) is 6.20 Å². The van der Waals surface area contributed by atoms with E-state index in [1.165, 1.54) is 6.07 Å². The molecule has 1 N–H and O–H groups in total. The third-order valence-corrected chi connectivity index (χ3v) is 1.80. The highest BCUT2D eigenvalue weighted by Crippen LogP contribution is 2.14. The van der Waals surface area contributed by atoms with E-state index in [0.29, 0.717) is 0 Å². The lowest BCUT2D eigenvalue weighted by Gasteiger charge is -2.04. The van der Waals surface area contributed by atoms with E-state index >= 15 is 0 Å². The first-order valence-electron chi connectivity index (χ1n) is 4.12. The van der Waals surface area contributed by atoms with Crippen molar-refractivity contribution in [2.75, 3.05) is 6.61 Å². The van der Waals surface area contributed by atoms with Crippen LogP contribution in [0.4, 0.5) is 0 Å². The van der Waals surface area contributed by atoms with E-state index in [-0.39, 0.29) is 22.9 Å². The SMILES string of the molecule is CCOC(=O)c1cc(Cl)ncc1C(=O)O. The quantitative estimate of drug-likeness (QED) is 0.629. The van der Waals surface area contributed by atoms with Crippen LogP contribution in [0, 0.1) is 0 Å². The molecule has 1 aromatic rings. The monoisotopic (exact) mass is 229 g/mol. The van der Waals surface area contributed by atoms with Crippen molar-refractivity contribution in [3.8, 4) is 0 Å². The molecule has 0 bridgehead atoms. The molecule has 5 nitrogen and oxygen atoms in total. The maximum atomic E-state index is 11.4. The lowest BCUT2D eigenvalue weighted by Crippen LogP contribution is -2.12. The third-order valence-electron chi connectivity index (χ3n) is 1.60. The average molecular weight is 230 g/mol. The van der Waals surface area contributed by atoms with Crippen molar-refractivity contribution in [1.82, 2.24) is 4.98 Å². The summed E-state index contributed by atoms with van der Waals surface area (Å²) in [4.78, 5) is 25.7. The van der Waals surface area contributed by atoms with Crippen LogP contribution in [0.25, 0.3) is 0 Å². The van der Waals surface area contributed by atoms with Gasteiger partial charge < -0.3 is 9.84 Å². The second-order valence-corrected chi connectivity index (χ2v) is 2.97. The summed E-state index contributed by atoms with van der Waals surface area (Å²) in [5.41, 5.74) is -0.317. The summed E-state index contributed by atoms with van der Waals surface area (Å²) >= 11 is 5.55. The van der Waals surface area contributed by atoms with Gasteiger partial charge in [-0.15, -0.1) is 0 Å². The summed E-state index contributed by atoms with van der Waals surface area (Å²) in [5, 5.41) is 8.83. The number of aromatic carboxylic acids is 1. The number of ether oxygens (including phenoxy) is 1. The Hall–Kier alpha value is -1.62. The maximum Gasteiger partial charge on any atom is 0.339 e. The molecule has 0 atom stereocenters. The lowest BCUT2D eigenvalue weighted by molar-refractivity contribution is 0.0514. The molecule has 0 aromatic carbocycles. The zero-order valence-electron chi connectivity index (χ0n) is 7.86. The summed E-state index contributed by atoms with van der Waals surface area (Å²) in [6.07, 6.45) is 1.02. The number of carboxylic acids is 1. The van der Waals surface area contributed by atoms with Gasteiger partial charge in [-0.05, 0) is 13.0 Å². The summed E-state index contributed by atoms with van der Waals surface area (Å²) < 4.78 is 4.69. The van der Waals surface area contributed by atoms with Gasteiger partial charge in [0.05, 0.1) is 17.7 Å². The zero-order valence-corrected chi connectivity index (χ0v) is 8.61. The zero-order chi connectivity index (χ0) is 11.4. The average Bonchev–Trinajstić information content (AvgIpc) is 2.17. The summed E-state index contributed by atoms with van der Waals surface area (Å²) in [7, 11) is 0. The number of rotatable bonds is 3. The minimum atomic E-state index is -1.25. The Balaban J connectivity index is 3.18. The molecule has 0 saturated heterocycles. The van der Waals surface area contributed by atoms with Gasteiger partial charge in [-0.3, -0.25) is 0 Å². The number of halogens is 1. The fourth-order valence-electron chi connectivity index (χ4n) is 0.978. The fourth-order valence-corrected chi connectivity index (χ4v) is 1.14. The maximum absolute atomic E-state index is 11.4. The van der Waals surface area contributed by atoms with Crippen molar-refractivity contribution in [3.63, 3.8) is 0 Å². The third kappa shape index (κ3) is 2.66. The molecule has 15 heavy (non-hydrogen) atoms. The number of carbonyl (C=O) groups excluding carboxylic acids is 1. The van der Waals surface area contributed by atoms with Gasteiger partial charge in [0.25, 0.3) is 0 Å². The van der Waals surface area contributed by atoms with Crippen LogP contribution in [-0.4, -0.2) is 28.6 Å². The second-order valence-electron chi connectivity index (χ2n) is 2.58. The van der Waals surface area contributed by atoms with Crippen molar-refractivity contribution in [2.24, 2.45) is 0 Å². The molecule has 80 valence electrons. The standard InChI is InChI=1S/C9H8ClNO4/c1-2-15-9(14)5-3-7(10)11-4-6(5)8(12)13/h3-4H,2H2,1H3,(H,12,13). The van der Waals surface area contributed by atoms with Crippen molar-refractivity contribution in [3.05, 3.63) is 28.5 Å². The molecule has 6 heteroatoms. The molecule has 0 saturated carbocycles. The van der Waals surface area contributed by atoms with Gasteiger partial charge in [-0.2, -0.15) is 0 Å². The molecule has 1 heterocycles. The first kappa shape index (κ1) is 11.5. The van der Waals surface area contributed by atoms with Crippen LogP contribution < -0.4 is 0 Å². The van der Waals surface area contributed by atoms with E-state index in [2.05, 4.69) is 9.72 Å². The van der Waals surface area contributed by atoms with Crippen molar-refractivity contribution < 1.29 is 19.4 Å². The molecule has 0 aliphatic carbocycles. The Morgan fingerprint density at radius 3 is 2.73 bits per heavy atom. The summed E-state index contributed by atoms with van der Waals surface area (Å²) in [6, 6.07) is 1.17. The Kier molecular flexibility index (Phi) is 3.62. The fraction of sp³-hybridized carbons (Fsp3) is 0.222. The highest BCUT2D eigenvalue weighted by Gasteiger charge is 2.18. The molecule has 0 aliphatic rings. The number of carboxylic acid groups (broad SMARTS) is 1. The van der Waals surface area contributed by atoms with Crippen LogP contribution in [0.15, 0.2) is 12.3 Å². The van der Waals surface area contributed by atoms with Gasteiger partial charge in [0.1, 0.15) is 5.15 Å². The highest BCUT2D eigenvalue weighted by atomic mass is 35.5. The summed E-state index contributed by atoms with van der Waals surface area (Å²) in [6.45, 7) is 1.79. The molecule has 0 aliphatic heterocycles. The topological polar surface area (TPSA) is 76.5 Å². The largest absolute Gasteiger partial charge is 0.478 e. The van der Waals surface area contributed by atoms with E-state index in [4.69, 9.17) is 16.7 Å². The molecule has 0 fully saturated rings. The number of nitrogens with zero attached hydrogens (tertiary/aromatic N) is 1. The van der Waals surface area contributed by atoms with E-state index < -0.39 is 11.9 Å². The lowest BCUT2D eigenvalue weighted by atomic mass is 10.1. The molecule has 0 unspecified atom stereocenters. The Morgan fingerprint density at radius 2 is 2.20 bits per heavy atom. The smallest absolute Gasteiger partial charge is 0.339 e. The van der Waals surface area contributed by atoms with Gasteiger partial charge in [-0.1, -0.05) is 11.6 Å². The van der Waals surface area contributed by atoms with E-state index in [9.17, 15) is 9.59 Å². The number of pyridine rings is 1. The number of esters is 1. The first-order valence-corrected chi connectivity index (χ1v) is 4.50. The molecule has 1 aromatic heterocycles. The van der Waals surface area contributed by atoms with Crippen LogP contribution in [0.3, 0.4) is 0 Å². The second kappa shape index (κ2) is 4.75. The number of hydrogen-bond acceptors (Lipinski definition) is 4. The normalized spacial score (nSPS) is 9.73. The molecule has 1 rings (SSSR count). The van der Waals surface area contributed by atoms with Crippen LogP contribution in [0.2, 0.25) is 5.15 Å². The minimum Gasteiger partial charge on any atom is -0.478 e. The van der Waals surface area contributed by atoms with E-state index in [1.54, 1.807) is 6.92 Å². The predicted octanol–water partition coefficient (Wildman–Crippen LogP) is 1.61. The van der Waals surface area contributed by atoms with E-state index in [1.807, 2.05) is 0 Å². The molecular formula is C9H8ClNO4. The van der Waals surface area contributed by atoms with Crippen LogP contribution in [-0.2, 0) is 4.74 Å². The Morgan fingerprint density at radius 1 is 1.53 bits per heavy atom. The number of aromatic nitrogens is 1. The van der Waals surface area contributed by atoms with Crippen molar-refractivity contribution in [2.45, 2.75) is 6.92 Å². The minimum absolute atomic E-state index is 0.0445. The van der Waals surface area contributed by atoms with Crippen molar-refractivity contribution in [1.29, 1.82) is 0 Å². The molecule has 0 spiro atoms. The number of carbonyl (C=O) groups is 2. The number of hydrogen-bond donors (Lipinski definition) is 1. The van der Waals surface area contributed by atoms with Crippen LogP contribution in [0.5, 0.6) is 0 Å². The molecule has 0 amide bonds. The summed E-state index contributed by atoms with van der Waals surface area (Å²) in [5.74, 6) is -1.97. The van der Waals surface area contributed by atoms with Crippen molar-refractivity contribution >= 4 is 23.5 Å².